The van der Waals surface area contributed by atoms with E-state index in [2.05, 4.69) is 59.1 Å². The molecule has 1 unspecified atom stereocenters. The van der Waals surface area contributed by atoms with E-state index in [4.69, 9.17) is 4.42 Å². The van der Waals surface area contributed by atoms with Crippen LogP contribution in [0.2, 0.25) is 0 Å². The van der Waals surface area contributed by atoms with Gasteiger partial charge in [0.2, 0.25) is 0 Å². The third kappa shape index (κ3) is 3.57. The molecule has 3 heteroatoms. The van der Waals surface area contributed by atoms with Crippen LogP contribution in [0.25, 0.3) is 0 Å². The maximum atomic E-state index is 5.16. The Hall–Kier alpha value is -0.810. The van der Waals surface area contributed by atoms with E-state index in [1.54, 1.807) is 6.26 Å². The molecule has 0 bridgehead atoms. The van der Waals surface area contributed by atoms with Crippen molar-refractivity contribution in [3.63, 3.8) is 0 Å². The normalized spacial score (nSPS) is 12.6. The summed E-state index contributed by atoms with van der Waals surface area (Å²) in [6, 6.07) is 11.0. The number of likely N-dealkylation sites (N-methyl/N-ethyl adjacent to an activating group) is 1. The summed E-state index contributed by atoms with van der Waals surface area (Å²) in [5.74, 6) is 0. The van der Waals surface area contributed by atoms with Crippen molar-refractivity contribution in [2.75, 3.05) is 6.54 Å². The summed E-state index contributed by atoms with van der Waals surface area (Å²) in [6.45, 7) is 3.08. The van der Waals surface area contributed by atoms with Crippen LogP contribution in [0.15, 0.2) is 47.3 Å². The van der Waals surface area contributed by atoms with E-state index in [1.807, 2.05) is 12.3 Å². The van der Waals surface area contributed by atoms with Crippen LogP contribution >= 0.6 is 22.6 Å². The van der Waals surface area contributed by atoms with E-state index < -0.39 is 0 Å². The van der Waals surface area contributed by atoms with Crippen LogP contribution in [0.1, 0.15) is 24.1 Å². The van der Waals surface area contributed by atoms with Gasteiger partial charge in [0.1, 0.15) is 0 Å². The van der Waals surface area contributed by atoms with Gasteiger partial charge in [-0.2, -0.15) is 0 Å². The number of hydrogen-bond donors (Lipinski definition) is 1. The van der Waals surface area contributed by atoms with E-state index in [9.17, 15) is 0 Å². The highest BCUT2D eigenvalue weighted by Gasteiger charge is 2.11. The Bertz CT molecular complexity index is 436. The maximum absolute atomic E-state index is 5.16. The molecule has 0 fully saturated rings. The summed E-state index contributed by atoms with van der Waals surface area (Å²) in [4.78, 5) is 0. The van der Waals surface area contributed by atoms with E-state index >= 15 is 0 Å². The Morgan fingerprint density at radius 1 is 1.24 bits per heavy atom. The molecule has 2 rings (SSSR count). The van der Waals surface area contributed by atoms with Gasteiger partial charge in [0.05, 0.1) is 12.5 Å². The molecule has 2 aromatic rings. The van der Waals surface area contributed by atoms with Crippen molar-refractivity contribution < 1.29 is 4.42 Å². The number of nitrogens with one attached hydrogen (secondary N) is 1. The summed E-state index contributed by atoms with van der Waals surface area (Å²) in [7, 11) is 0. The predicted molar refractivity (Wildman–Crippen MR) is 78.0 cm³/mol. The lowest BCUT2D eigenvalue weighted by atomic mass is 10.0. The monoisotopic (exact) mass is 341 g/mol. The van der Waals surface area contributed by atoms with Gasteiger partial charge in [-0.1, -0.05) is 19.1 Å². The van der Waals surface area contributed by atoms with Gasteiger partial charge in [-0.25, -0.2) is 0 Å². The first-order valence-corrected chi connectivity index (χ1v) is 6.87. The van der Waals surface area contributed by atoms with Crippen LogP contribution in [0.4, 0.5) is 0 Å². The molecule has 1 N–H and O–H groups in total. The van der Waals surface area contributed by atoms with Gasteiger partial charge >= 0.3 is 0 Å². The lowest BCUT2D eigenvalue weighted by Crippen LogP contribution is -2.22. The molecule has 0 saturated carbocycles. The molecule has 2 nitrogen and oxygen atoms in total. The fourth-order valence-corrected chi connectivity index (χ4v) is 2.24. The quantitative estimate of drug-likeness (QED) is 0.838. The topological polar surface area (TPSA) is 25.2 Å². The largest absolute Gasteiger partial charge is 0.472 e. The van der Waals surface area contributed by atoms with E-state index in [-0.39, 0.29) is 0 Å². The van der Waals surface area contributed by atoms with Gasteiger partial charge in [0, 0.05) is 15.2 Å². The van der Waals surface area contributed by atoms with Crippen LogP contribution in [-0.2, 0) is 6.42 Å². The van der Waals surface area contributed by atoms with Gasteiger partial charge in [-0.05, 0) is 59.3 Å². The number of benzene rings is 1. The molecule has 90 valence electrons. The van der Waals surface area contributed by atoms with Crippen LogP contribution < -0.4 is 5.32 Å². The third-order valence-corrected chi connectivity index (χ3v) is 3.47. The molecule has 1 atom stereocenters. The molecule has 1 heterocycles. The van der Waals surface area contributed by atoms with Crippen LogP contribution in [0.3, 0.4) is 0 Å². The first-order valence-electron chi connectivity index (χ1n) is 5.79. The highest BCUT2D eigenvalue weighted by atomic mass is 127. The second-order valence-corrected chi connectivity index (χ2v) is 5.24. The van der Waals surface area contributed by atoms with Gasteiger partial charge in [0.15, 0.2) is 0 Å². The summed E-state index contributed by atoms with van der Waals surface area (Å²) < 4.78 is 6.43. The zero-order valence-corrected chi connectivity index (χ0v) is 12.0. The molecule has 0 aliphatic carbocycles. The Kier molecular flexibility index (Phi) is 4.62. The average Bonchev–Trinajstić information content (AvgIpc) is 2.85. The zero-order chi connectivity index (χ0) is 12.1. The molecule has 1 aromatic carbocycles. The Morgan fingerprint density at radius 2 is 2.00 bits per heavy atom. The number of halogens is 1. The predicted octanol–water partition coefficient (Wildman–Crippen LogP) is 3.78. The van der Waals surface area contributed by atoms with Crippen molar-refractivity contribution in [3.05, 3.63) is 57.6 Å². The molecule has 0 aliphatic rings. The van der Waals surface area contributed by atoms with Crippen molar-refractivity contribution >= 4 is 22.6 Å². The fraction of sp³-hybridized carbons (Fsp3) is 0.286. The molecule has 0 saturated heterocycles. The standard InChI is InChI=1S/C14H16INO/c1-2-16-14(12-7-8-17-10-12)9-11-3-5-13(15)6-4-11/h3-8,10,14,16H,2,9H2,1H3. The summed E-state index contributed by atoms with van der Waals surface area (Å²) in [5, 5.41) is 3.49. The minimum atomic E-state index is 0.332. The summed E-state index contributed by atoms with van der Waals surface area (Å²) in [5.41, 5.74) is 2.56. The minimum Gasteiger partial charge on any atom is -0.472 e. The SMILES string of the molecule is CCNC(Cc1ccc(I)cc1)c1ccoc1. The first kappa shape index (κ1) is 12.6. The third-order valence-electron chi connectivity index (χ3n) is 2.75. The van der Waals surface area contributed by atoms with Crippen molar-refractivity contribution in [1.29, 1.82) is 0 Å². The Morgan fingerprint density at radius 3 is 2.59 bits per heavy atom. The van der Waals surface area contributed by atoms with Crippen molar-refractivity contribution in [3.8, 4) is 0 Å². The Balaban J connectivity index is 2.10. The van der Waals surface area contributed by atoms with E-state index in [1.165, 1.54) is 14.7 Å². The second kappa shape index (κ2) is 6.21. The smallest absolute Gasteiger partial charge is 0.0950 e. The first-order chi connectivity index (χ1) is 8.29. The molecular weight excluding hydrogens is 325 g/mol. The van der Waals surface area contributed by atoms with Crippen LogP contribution in [0.5, 0.6) is 0 Å². The second-order valence-electron chi connectivity index (χ2n) is 4.00. The molecule has 0 amide bonds. The van der Waals surface area contributed by atoms with Crippen LogP contribution in [-0.4, -0.2) is 6.54 Å². The van der Waals surface area contributed by atoms with Gasteiger partial charge in [-0.15, -0.1) is 0 Å². The summed E-state index contributed by atoms with van der Waals surface area (Å²) >= 11 is 2.33. The molecular formula is C14H16INO. The highest BCUT2D eigenvalue weighted by Crippen LogP contribution is 2.19. The molecule has 0 aliphatic heterocycles. The van der Waals surface area contributed by atoms with Crippen molar-refractivity contribution in [2.45, 2.75) is 19.4 Å². The fourth-order valence-electron chi connectivity index (χ4n) is 1.88. The molecule has 0 spiro atoms. The lowest BCUT2D eigenvalue weighted by molar-refractivity contribution is 0.525. The Labute approximate surface area is 116 Å². The summed E-state index contributed by atoms with van der Waals surface area (Å²) in [6.07, 6.45) is 4.54. The van der Waals surface area contributed by atoms with E-state index in [0.29, 0.717) is 6.04 Å². The number of furan rings is 1. The van der Waals surface area contributed by atoms with Crippen LogP contribution in [0, 0.1) is 3.57 Å². The lowest BCUT2D eigenvalue weighted by Gasteiger charge is -2.16. The van der Waals surface area contributed by atoms with Crippen molar-refractivity contribution in [1.82, 2.24) is 5.32 Å². The number of hydrogen-bond acceptors (Lipinski definition) is 2. The van der Waals surface area contributed by atoms with Gasteiger partial charge < -0.3 is 9.73 Å². The molecule has 17 heavy (non-hydrogen) atoms. The van der Waals surface area contributed by atoms with E-state index in [0.717, 1.165) is 13.0 Å². The van der Waals surface area contributed by atoms with Crippen molar-refractivity contribution in [2.24, 2.45) is 0 Å². The zero-order valence-electron chi connectivity index (χ0n) is 9.82. The highest BCUT2D eigenvalue weighted by molar-refractivity contribution is 14.1. The van der Waals surface area contributed by atoms with Gasteiger partial charge in [-0.3, -0.25) is 0 Å². The molecule has 0 radical (unpaired) electrons. The minimum absolute atomic E-state index is 0.332. The number of rotatable bonds is 5. The average molecular weight is 341 g/mol. The maximum Gasteiger partial charge on any atom is 0.0950 e. The molecule has 1 aromatic heterocycles. The van der Waals surface area contributed by atoms with Gasteiger partial charge in [0.25, 0.3) is 0 Å².